The number of hydrogen-bond donors (Lipinski definition) is 1. The quantitative estimate of drug-likeness (QED) is 0.474. The predicted molar refractivity (Wildman–Crippen MR) is 117 cm³/mol. The SMILES string of the molecule is COc1ccc(NC(=O)COC(=O)c2ccccc2SC2CC(=O)N(C)C2=O)c(OC)c1. The number of ether oxygens (including phenoxy) is 3. The molecular formula is C22H22N2O7S. The fraction of sp³-hybridized carbons (Fsp3) is 0.273. The summed E-state index contributed by atoms with van der Waals surface area (Å²) < 4.78 is 15.5. The van der Waals surface area contributed by atoms with Gasteiger partial charge in [0, 0.05) is 24.4 Å². The third-order valence-corrected chi connectivity index (χ3v) is 6.00. The second-order valence-electron chi connectivity index (χ2n) is 6.79. The number of rotatable bonds is 8. The van der Waals surface area contributed by atoms with Crippen LogP contribution in [0.2, 0.25) is 0 Å². The van der Waals surface area contributed by atoms with E-state index in [4.69, 9.17) is 14.2 Å². The average Bonchev–Trinajstić information content (AvgIpc) is 3.04. The number of thioether (sulfide) groups is 1. The Labute approximate surface area is 189 Å². The second kappa shape index (κ2) is 10.2. The maximum absolute atomic E-state index is 12.6. The first-order valence-corrected chi connectivity index (χ1v) is 10.5. The van der Waals surface area contributed by atoms with Gasteiger partial charge in [-0.1, -0.05) is 12.1 Å². The molecule has 1 saturated heterocycles. The molecule has 1 atom stereocenters. The van der Waals surface area contributed by atoms with Crippen molar-refractivity contribution in [2.75, 3.05) is 33.2 Å². The lowest BCUT2D eigenvalue weighted by Crippen LogP contribution is -2.26. The summed E-state index contributed by atoms with van der Waals surface area (Å²) in [5.41, 5.74) is 0.612. The van der Waals surface area contributed by atoms with Crippen LogP contribution >= 0.6 is 11.8 Å². The van der Waals surface area contributed by atoms with Crippen LogP contribution in [0, 0.1) is 0 Å². The van der Waals surface area contributed by atoms with Crippen molar-refractivity contribution >= 4 is 41.1 Å². The van der Waals surface area contributed by atoms with Crippen LogP contribution in [0.3, 0.4) is 0 Å². The molecule has 0 saturated carbocycles. The molecule has 1 heterocycles. The van der Waals surface area contributed by atoms with E-state index in [0.717, 1.165) is 16.7 Å². The van der Waals surface area contributed by atoms with Gasteiger partial charge < -0.3 is 19.5 Å². The summed E-state index contributed by atoms with van der Waals surface area (Å²) in [5, 5.41) is 2.01. The van der Waals surface area contributed by atoms with Gasteiger partial charge in [0.2, 0.25) is 11.8 Å². The van der Waals surface area contributed by atoms with Crippen LogP contribution in [0.4, 0.5) is 5.69 Å². The molecule has 3 rings (SSSR count). The molecular weight excluding hydrogens is 436 g/mol. The molecule has 168 valence electrons. The Bertz CT molecular complexity index is 1060. The number of anilines is 1. The lowest BCUT2D eigenvalue weighted by atomic mass is 10.2. The lowest BCUT2D eigenvalue weighted by Gasteiger charge is -2.13. The molecule has 0 spiro atoms. The first-order chi connectivity index (χ1) is 15.3. The Hall–Kier alpha value is -3.53. The summed E-state index contributed by atoms with van der Waals surface area (Å²) in [5.74, 6) is -0.880. The molecule has 1 unspecified atom stereocenters. The van der Waals surface area contributed by atoms with Gasteiger partial charge in [-0.3, -0.25) is 19.3 Å². The van der Waals surface area contributed by atoms with Gasteiger partial charge in [-0.2, -0.15) is 0 Å². The molecule has 0 aliphatic carbocycles. The number of methoxy groups -OCH3 is 2. The van der Waals surface area contributed by atoms with Gasteiger partial charge in [0.1, 0.15) is 11.5 Å². The van der Waals surface area contributed by atoms with E-state index < -0.39 is 23.7 Å². The zero-order valence-electron chi connectivity index (χ0n) is 17.7. The van der Waals surface area contributed by atoms with Crippen LogP contribution in [0.1, 0.15) is 16.8 Å². The summed E-state index contributed by atoms with van der Waals surface area (Å²) in [4.78, 5) is 50.4. The van der Waals surface area contributed by atoms with E-state index in [-0.39, 0.29) is 23.8 Å². The van der Waals surface area contributed by atoms with Crippen LogP contribution in [0.5, 0.6) is 11.5 Å². The topological polar surface area (TPSA) is 111 Å². The van der Waals surface area contributed by atoms with E-state index in [1.165, 1.54) is 21.3 Å². The number of imide groups is 1. The van der Waals surface area contributed by atoms with Crippen molar-refractivity contribution < 1.29 is 33.4 Å². The number of likely N-dealkylation sites (tertiary alicyclic amines) is 1. The lowest BCUT2D eigenvalue weighted by molar-refractivity contribution is -0.136. The molecule has 2 aromatic carbocycles. The summed E-state index contributed by atoms with van der Waals surface area (Å²) in [6.07, 6.45) is 0.0650. The van der Waals surface area contributed by atoms with Gasteiger partial charge in [0.25, 0.3) is 5.91 Å². The Morgan fingerprint density at radius 3 is 2.53 bits per heavy atom. The van der Waals surface area contributed by atoms with E-state index in [9.17, 15) is 19.2 Å². The minimum Gasteiger partial charge on any atom is -0.497 e. The van der Waals surface area contributed by atoms with Crippen molar-refractivity contribution in [3.05, 3.63) is 48.0 Å². The van der Waals surface area contributed by atoms with E-state index in [1.807, 2.05) is 0 Å². The van der Waals surface area contributed by atoms with E-state index >= 15 is 0 Å². The molecule has 10 heteroatoms. The number of nitrogens with zero attached hydrogens (tertiary/aromatic N) is 1. The van der Waals surface area contributed by atoms with Crippen LogP contribution in [0.15, 0.2) is 47.4 Å². The van der Waals surface area contributed by atoms with Gasteiger partial charge in [-0.25, -0.2) is 4.79 Å². The molecule has 3 amide bonds. The van der Waals surface area contributed by atoms with Crippen LogP contribution in [-0.2, 0) is 19.1 Å². The summed E-state index contributed by atoms with van der Waals surface area (Å²) in [6.45, 7) is -0.517. The highest BCUT2D eigenvalue weighted by Gasteiger charge is 2.37. The minimum absolute atomic E-state index is 0.0650. The fourth-order valence-electron chi connectivity index (χ4n) is 3.00. The van der Waals surface area contributed by atoms with Crippen LogP contribution in [0.25, 0.3) is 0 Å². The first kappa shape index (κ1) is 23.1. The van der Waals surface area contributed by atoms with Crippen LogP contribution in [-0.4, -0.2) is 61.7 Å². The fourth-order valence-corrected chi connectivity index (χ4v) is 4.23. The number of esters is 1. The molecule has 2 aromatic rings. The Morgan fingerprint density at radius 1 is 1.12 bits per heavy atom. The molecule has 0 radical (unpaired) electrons. The number of carbonyl (C=O) groups excluding carboxylic acids is 4. The molecule has 1 fully saturated rings. The molecule has 0 aromatic heterocycles. The predicted octanol–water partition coefficient (Wildman–Crippen LogP) is 2.35. The van der Waals surface area contributed by atoms with Crippen molar-refractivity contribution in [3.8, 4) is 11.5 Å². The normalized spacial score (nSPS) is 15.5. The van der Waals surface area contributed by atoms with Crippen molar-refractivity contribution in [1.29, 1.82) is 0 Å². The maximum Gasteiger partial charge on any atom is 0.339 e. The highest BCUT2D eigenvalue weighted by Crippen LogP contribution is 2.33. The van der Waals surface area contributed by atoms with Crippen molar-refractivity contribution in [3.63, 3.8) is 0 Å². The highest BCUT2D eigenvalue weighted by molar-refractivity contribution is 8.00. The summed E-state index contributed by atoms with van der Waals surface area (Å²) in [7, 11) is 4.41. The van der Waals surface area contributed by atoms with E-state index in [2.05, 4.69) is 5.32 Å². The second-order valence-corrected chi connectivity index (χ2v) is 8.03. The molecule has 1 aliphatic heterocycles. The van der Waals surface area contributed by atoms with Gasteiger partial charge in [-0.15, -0.1) is 11.8 Å². The zero-order chi connectivity index (χ0) is 23.3. The third kappa shape index (κ3) is 5.20. The Kier molecular flexibility index (Phi) is 7.37. The monoisotopic (exact) mass is 458 g/mol. The number of benzene rings is 2. The zero-order valence-corrected chi connectivity index (χ0v) is 18.6. The molecule has 9 nitrogen and oxygen atoms in total. The molecule has 1 N–H and O–H groups in total. The van der Waals surface area contributed by atoms with Crippen molar-refractivity contribution in [1.82, 2.24) is 4.90 Å². The van der Waals surface area contributed by atoms with Gasteiger partial charge in [-0.05, 0) is 24.3 Å². The van der Waals surface area contributed by atoms with Crippen LogP contribution < -0.4 is 14.8 Å². The van der Waals surface area contributed by atoms with Gasteiger partial charge in [0.15, 0.2) is 6.61 Å². The molecule has 1 aliphatic rings. The highest BCUT2D eigenvalue weighted by atomic mass is 32.2. The molecule has 0 bridgehead atoms. The smallest absolute Gasteiger partial charge is 0.339 e. The van der Waals surface area contributed by atoms with Crippen molar-refractivity contribution in [2.24, 2.45) is 0 Å². The Morgan fingerprint density at radius 2 is 1.88 bits per heavy atom. The first-order valence-electron chi connectivity index (χ1n) is 9.59. The largest absolute Gasteiger partial charge is 0.497 e. The number of hydrogen-bond acceptors (Lipinski definition) is 8. The number of amides is 3. The van der Waals surface area contributed by atoms with E-state index in [0.29, 0.717) is 22.1 Å². The standard InChI is InChI=1S/C22H22N2O7S/c1-24-20(26)11-18(21(24)27)32-17-7-5-4-6-14(17)22(28)31-12-19(25)23-15-9-8-13(29-2)10-16(15)30-3/h4-10,18H,11-12H2,1-3H3,(H,23,25). The third-order valence-electron chi connectivity index (χ3n) is 4.73. The van der Waals surface area contributed by atoms with Gasteiger partial charge >= 0.3 is 5.97 Å². The van der Waals surface area contributed by atoms with Gasteiger partial charge in [0.05, 0.1) is 30.7 Å². The van der Waals surface area contributed by atoms with Crippen molar-refractivity contribution in [2.45, 2.75) is 16.6 Å². The summed E-state index contributed by atoms with van der Waals surface area (Å²) >= 11 is 1.13. The van der Waals surface area contributed by atoms with E-state index in [1.54, 1.807) is 42.5 Å². The average molecular weight is 458 g/mol. The molecule has 32 heavy (non-hydrogen) atoms. The number of nitrogens with one attached hydrogen (secondary N) is 1. The number of carbonyl (C=O) groups is 4. The Balaban J connectivity index is 1.63. The summed E-state index contributed by atoms with van der Waals surface area (Å²) in [6, 6.07) is 11.5. The minimum atomic E-state index is -0.713. The maximum atomic E-state index is 12.6.